The molecule has 1 fully saturated rings. The van der Waals surface area contributed by atoms with Crippen LogP contribution >= 0.6 is 0 Å². The number of likely N-dealkylation sites (tertiary alicyclic amines) is 1. The van der Waals surface area contributed by atoms with Crippen LogP contribution in [0.3, 0.4) is 0 Å². The van der Waals surface area contributed by atoms with Crippen LogP contribution in [0, 0.1) is 6.92 Å². The number of carbonyl (C=O) groups excluding carboxylic acids is 1. The second-order valence-electron chi connectivity index (χ2n) is 5.47. The molecule has 1 aromatic carbocycles. The molecular formula is C17H19N3O2. The Morgan fingerprint density at radius 3 is 2.91 bits per heavy atom. The summed E-state index contributed by atoms with van der Waals surface area (Å²) in [6.07, 6.45) is 2.98. The van der Waals surface area contributed by atoms with Crippen LogP contribution in [0.1, 0.15) is 17.8 Å². The van der Waals surface area contributed by atoms with Crippen LogP contribution in [-0.2, 0) is 11.2 Å². The molecule has 3 rings (SSSR count). The van der Waals surface area contributed by atoms with Gasteiger partial charge in [0.05, 0.1) is 13.0 Å². The predicted octanol–water partition coefficient (Wildman–Crippen LogP) is 2.01. The molecule has 0 spiro atoms. The molecule has 1 amide bonds. The molecule has 2 aromatic rings. The Morgan fingerprint density at radius 2 is 2.14 bits per heavy atom. The molecule has 1 aliphatic rings. The van der Waals surface area contributed by atoms with Crippen LogP contribution in [-0.4, -0.2) is 40.0 Å². The monoisotopic (exact) mass is 297 g/mol. The maximum Gasteiger partial charge on any atom is 0.227 e. The van der Waals surface area contributed by atoms with Gasteiger partial charge in [-0.05, 0) is 12.5 Å². The lowest BCUT2D eigenvalue weighted by Gasteiger charge is -2.17. The van der Waals surface area contributed by atoms with E-state index in [2.05, 4.69) is 9.97 Å². The van der Waals surface area contributed by atoms with Crippen LogP contribution in [0.4, 0.5) is 0 Å². The molecule has 114 valence electrons. The molecule has 1 atom stereocenters. The highest BCUT2D eigenvalue weighted by Crippen LogP contribution is 2.17. The van der Waals surface area contributed by atoms with Gasteiger partial charge in [0.1, 0.15) is 11.9 Å². The zero-order valence-electron chi connectivity index (χ0n) is 12.6. The van der Waals surface area contributed by atoms with E-state index in [0.29, 0.717) is 24.7 Å². The van der Waals surface area contributed by atoms with Crippen LogP contribution in [0.15, 0.2) is 42.6 Å². The molecule has 0 saturated carbocycles. The smallest absolute Gasteiger partial charge is 0.227 e. The first-order chi connectivity index (χ1) is 10.7. The van der Waals surface area contributed by atoms with Gasteiger partial charge in [-0.1, -0.05) is 30.3 Å². The Hall–Kier alpha value is -2.43. The van der Waals surface area contributed by atoms with E-state index in [4.69, 9.17) is 4.74 Å². The van der Waals surface area contributed by atoms with E-state index in [9.17, 15) is 4.79 Å². The molecule has 22 heavy (non-hydrogen) atoms. The first-order valence-electron chi connectivity index (χ1n) is 7.49. The summed E-state index contributed by atoms with van der Waals surface area (Å²) in [5, 5.41) is 0. The predicted molar refractivity (Wildman–Crippen MR) is 82.5 cm³/mol. The van der Waals surface area contributed by atoms with Gasteiger partial charge in [-0.25, -0.2) is 4.98 Å². The topological polar surface area (TPSA) is 55.3 Å². The van der Waals surface area contributed by atoms with E-state index < -0.39 is 0 Å². The van der Waals surface area contributed by atoms with Crippen molar-refractivity contribution in [1.29, 1.82) is 0 Å². The second-order valence-corrected chi connectivity index (χ2v) is 5.47. The number of hydrogen-bond acceptors (Lipinski definition) is 4. The summed E-state index contributed by atoms with van der Waals surface area (Å²) in [5.41, 5.74) is 1.04. The summed E-state index contributed by atoms with van der Waals surface area (Å²) in [6, 6.07) is 11.6. The molecule has 0 aliphatic carbocycles. The van der Waals surface area contributed by atoms with E-state index >= 15 is 0 Å². The lowest BCUT2D eigenvalue weighted by Crippen LogP contribution is -2.32. The Bertz CT molecular complexity index is 645. The van der Waals surface area contributed by atoms with Gasteiger partial charge >= 0.3 is 0 Å². The zero-order chi connectivity index (χ0) is 15.4. The fraction of sp³-hybridized carbons (Fsp3) is 0.353. The van der Waals surface area contributed by atoms with Crippen molar-refractivity contribution in [3.05, 3.63) is 54.0 Å². The average Bonchev–Trinajstić information content (AvgIpc) is 2.97. The van der Waals surface area contributed by atoms with Crippen molar-refractivity contribution in [1.82, 2.24) is 14.9 Å². The van der Waals surface area contributed by atoms with Gasteiger partial charge in [0.15, 0.2) is 0 Å². The quantitative estimate of drug-likeness (QED) is 0.866. The van der Waals surface area contributed by atoms with Gasteiger partial charge in [-0.15, -0.1) is 0 Å². The van der Waals surface area contributed by atoms with E-state index in [1.807, 2.05) is 42.2 Å². The van der Waals surface area contributed by atoms with Gasteiger partial charge in [0.25, 0.3) is 0 Å². The summed E-state index contributed by atoms with van der Waals surface area (Å²) >= 11 is 0. The number of ether oxygens (including phenoxy) is 1. The lowest BCUT2D eigenvalue weighted by molar-refractivity contribution is -0.129. The van der Waals surface area contributed by atoms with Gasteiger partial charge in [0.2, 0.25) is 11.8 Å². The molecular weight excluding hydrogens is 278 g/mol. The molecule has 5 nitrogen and oxygen atoms in total. The number of rotatable bonds is 4. The summed E-state index contributed by atoms with van der Waals surface area (Å²) in [6.45, 7) is 3.19. The third-order valence-electron chi connectivity index (χ3n) is 3.73. The molecule has 2 heterocycles. The number of hydrogen-bond donors (Lipinski definition) is 0. The van der Waals surface area contributed by atoms with E-state index in [1.165, 1.54) is 0 Å². The van der Waals surface area contributed by atoms with Crippen molar-refractivity contribution in [2.45, 2.75) is 25.9 Å². The van der Waals surface area contributed by atoms with Crippen molar-refractivity contribution in [3.8, 4) is 5.88 Å². The van der Waals surface area contributed by atoms with Gasteiger partial charge < -0.3 is 9.64 Å². The number of aryl methyl sites for hydroxylation is 1. The molecule has 0 radical (unpaired) electrons. The minimum atomic E-state index is 0.00835. The van der Waals surface area contributed by atoms with Crippen LogP contribution in [0.2, 0.25) is 0 Å². The van der Waals surface area contributed by atoms with Gasteiger partial charge in [-0.2, -0.15) is 4.98 Å². The maximum absolute atomic E-state index is 12.3. The summed E-state index contributed by atoms with van der Waals surface area (Å²) in [7, 11) is 0. The van der Waals surface area contributed by atoms with Crippen molar-refractivity contribution < 1.29 is 9.53 Å². The Balaban J connectivity index is 1.54. The molecule has 5 heteroatoms. The van der Waals surface area contributed by atoms with Gasteiger partial charge in [0, 0.05) is 25.2 Å². The third-order valence-corrected chi connectivity index (χ3v) is 3.73. The van der Waals surface area contributed by atoms with Crippen LogP contribution < -0.4 is 4.74 Å². The number of amides is 1. The van der Waals surface area contributed by atoms with E-state index in [-0.39, 0.29) is 12.0 Å². The van der Waals surface area contributed by atoms with Gasteiger partial charge in [-0.3, -0.25) is 4.79 Å². The normalized spacial score (nSPS) is 17.5. The Kier molecular flexibility index (Phi) is 4.32. The maximum atomic E-state index is 12.3. The number of carbonyl (C=O) groups is 1. The first kappa shape index (κ1) is 14.5. The highest BCUT2D eigenvalue weighted by Gasteiger charge is 2.27. The Labute approximate surface area is 130 Å². The minimum Gasteiger partial charge on any atom is -0.472 e. The molecule has 1 saturated heterocycles. The molecule has 0 unspecified atom stereocenters. The fourth-order valence-electron chi connectivity index (χ4n) is 2.60. The Morgan fingerprint density at radius 1 is 1.32 bits per heavy atom. The van der Waals surface area contributed by atoms with Crippen molar-refractivity contribution in [2.75, 3.05) is 13.1 Å². The summed E-state index contributed by atoms with van der Waals surface area (Å²) in [4.78, 5) is 22.5. The highest BCUT2D eigenvalue weighted by atomic mass is 16.5. The van der Waals surface area contributed by atoms with Crippen molar-refractivity contribution in [2.24, 2.45) is 0 Å². The fourth-order valence-corrected chi connectivity index (χ4v) is 2.60. The summed E-state index contributed by atoms with van der Waals surface area (Å²) in [5.74, 6) is 1.42. The van der Waals surface area contributed by atoms with Crippen LogP contribution in [0.5, 0.6) is 5.88 Å². The van der Waals surface area contributed by atoms with E-state index in [1.54, 1.807) is 12.3 Å². The number of benzene rings is 1. The zero-order valence-corrected chi connectivity index (χ0v) is 12.6. The molecule has 1 aliphatic heterocycles. The molecule has 1 aromatic heterocycles. The lowest BCUT2D eigenvalue weighted by atomic mass is 10.1. The minimum absolute atomic E-state index is 0.00835. The average molecular weight is 297 g/mol. The summed E-state index contributed by atoms with van der Waals surface area (Å²) < 4.78 is 5.84. The van der Waals surface area contributed by atoms with Crippen molar-refractivity contribution >= 4 is 5.91 Å². The largest absolute Gasteiger partial charge is 0.472 e. The third kappa shape index (κ3) is 3.61. The van der Waals surface area contributed by atoms with E-state index in [0.717, 1.165) is 18.5 Å². The van der Waals surface area contributed by atoms with Crippen molar-refractivity contribution in [3.63, 3.8) is 0 Å². The molecule has 0 bridgehead atoms. The second kappa shape index (κ2) is 6.56. The standard InChI is InChI=1S/C17H19N3O2/c1-13-18-9-7-16(19-13)22-15-8-10-20(12-15)17(21)11-14-5-3-2-4-6-14/h2-7,9,15H,8,10-12H2,1H3/t15-/m0/s1. The first-order valence-corrected chi connectivity index (χ1v) is 7.49. The van der Waals surface area contributed by atoms with Crippen LogP contribution in [0.25, 0.3) is 0 Å². The number of aromatic nitrogens is 2. The highest BCUT2D eigenvalue weighted by molar-refractivity contribution is 5.79. The molecule has 0 N–H and O–H groups in total. The number of nitrogens with zero attached hydrogens (tertiary/aromatic N) is 3. The SMILES string of the molecule is Cc1nccc(O[C@H]2CCN(C(=O)Cc3ccccc3)C2)n1.